The van der Waals surface area contributed by atoms with Crippen molar-refractivity contribution in [2.75, 3.05) is 5.73 Å². The summed E-state index contributed by atoms with van der Waals surface area (Å²) in [4.78, 5) is 16.8. The maximum Gasteiger partial charge on any atom is 0.219 e. The van der Waals surface area contributed by atoms with Gasteiger partial charge in [-0.2, -0.15) is 0 Å². The van der Waals surface area contributed by atoms with Crippen LogP contribution in [-0.2, 0) is 17.6 Å². The minimum atomic E-state index is 0. The summed E-state index contributed by atoms with van der Waals surface area (Å²) in [7, 11) is 0. The van der Waals surface area contributed by atoms with Gasteiger partial charge in [-0.15, -0.1) is 36.2 Å². The summed E-state index contributed by atoms with van der Waals surface area (Å²) in [5.41, 5.74) is 6.78. The number of nitrogens with one attached hydrogen (secondary N) is 1. The van der Waals surface area contributed by atoms with E-state index >= 15 is 0 Å². The van der Waals surface area contributed by atoms with Crippen molar-refractivity contribution in [3.05, 3.63) is 10.6 Å². The lowest BCUT2D eigenvalue weighted by Gasteiger charge is -2.21. The first-order valence-electron chi connectivity index (χ1n) is 5.22. The van der Waals surface area contributed by atoms with Crippen molar-refractivity contribution in [2.24, 2.45) is 0 Å². The molecule has 0 aromatic carbocycles. The maximum atomic E-state index is 11.2. The molecule has 1 aromatic heterocycles. The molecular formula is C10H19Cl2N3O2S. The molecule has 0 saturated heterocycles. The minimum Gasteiger partial charge on any atom is -0.412 e. The highest BCUT2D eigenvalue weighted by Gasteiger charge is 2.22. The first-order chi connectivity index (χ1) is 7.19. The highest BCUT2D eigenvalue weighted by molar-refractivity contribution is 7.15. The third-order valence-corrected chi connectivity index (χ3v) is 3.59. The molecule has 0 fully saturated rings. The van der Waals surface area contributed by atoms with Crippen LogP contribution in [0.5, 0.6) is 0 Å². The Kier molecular flexibility index (Phi) is 9.37. The Morgan fingerprint density at radius 1 is 1.56 bits per heavy atom. The molecule has 18 heavy (non-hydrogen) atoms. The van der Waals surface area contributed by atoms with Crippen molar-refractivity contribution < 1.29 is 10.3 Å². The van der Waals surface area contributed by atoms with E-state index in [1.807, 2.05) is 6.92 Å². The fourth-order valence-electron chi connectivity index (χ4n) is 1.85. The fourth-order valence-corrected chi connectivity index (χ4v) is 2.81. The van der Waals surface area contributed by atoms with Crippen LogP contribution in [0, 0.1) is 0 Å². The van der Waals surface area contributed by atoms with Crippen LogP contribution in [0.25, 0.3) is 0 Å². The van der Waals surface area contributed by atoms with Gasteiger partial charge in [-0.1, -0.05) is 6.92 Å². The maximum absolute atomic E-state index is 11.2. The van der Waals surface area contributed by atoms with Gasteiger partial charge in [-0.25, -0.2) is 4.98 Å². The predicted octanol–water partition coefficient (Wildman–Crippen LogP) is 1.13. The monoisotopic (exact) mass is 315 g/mol. The summed E-state index contributed by atoms with van der Waals surface area (Å²) in [6.07, 6.45) is 3.34. The van der Waals surface area contributed by atoms with E-state index in [1.54, 1.807) is 11.3 Å². The molecule has 5 nitrogen and oxygen atoms in total. The molecule has 0 unspecified atom stereocenters. The summed E-state index contributed by atoms with van der Waals surface area (Å²) in [5.74, 6) is 0.126. The zero-order chi connectivity index (χ0) is 10.8. The summed E-state index contributed by atoms with van der Waals surface area (Å²) in [5, 5.41) is 3.66. The van der Waals surface area contributed by atoms with E-state index in [4.69, 9.17) is 5.73 Å². The van der Waals surface area contributed by atoms with Crippen LogP contribution in [0.15, 0.2) is 0 Å². The average molecular weight is 316 g/mol. The van der Waals surface area contributed by atoms with Gasteiger partial charge < -0.3 is 16.5 Å². The molecule has 1 heterocycles. The summed E-state index contributed by atoms with van der Waals surface area (Å²) >= 11 is 1.54. The number of hydrogen-bond donors (Lipinski definition) is 2. The fraction of sp³-hybridized carbons (Fsp3) is 0.600. The van der Waals surface area contributed by atoms with Gasteiger partial charge in [0.15, 0.2) is 5.13 Å². The first kappa shape index (κ1) is 19.8. The number of nitrogens with zero attached hydrogens (tertiary/aromatic N) is 1. The number of halogens is 2. The van der Waals surface area contributed by atoms with Crippen molar-refractivity contribution in [2.45, 2.75) is 38.6 Å². The number of carbonyl (C=O) groups is 1. The van der Waals surface area contributed by atoms with Crippen LogP contribution in [0.2, 0.25) is 0 Å². The Labute approximate surface area is 123 Å². The van der Waals surface area contributed by atoms with Gasteiger partial charge in [0.2, 0.25) is 5.91 Å². The number of nitrogens with two attached hydrogens (primary N) is 1. The second kappa shape index (κ2) is 8.53. The van der Waals surface area contributed by atoms with Gasteiger partial charge in [-0.3, -0.25) is 4.79 Å². The highest BCUT2D eigenvalue weighted by atomic mass is 35.5. The lowest BCUT2D eigenvalue weighted by atomic mass is 9.97. The molecule has 0 aliphatic heterocycles. The van der Waals surface area contributed by atoms with Gasteiger partial charge in [0.25, 0.3) is 0 Å². The number of amides is 1. The lowest BCUT2D eigenvalue weighted by Crippen LogP contribution is -2.38. The zero-order valence-corrected chi connectivity index (χ0v) is 12.5. The SMILES string of the molecule is CCC(=O)N[C@H]1CCc2nc(N)sc2C1.Cl.Cl.O. The molecule has 0 saturated carbocycles. The van der Waals surface area contributed by atoms with Crippen LogP contribution in [0.1, 0.15) is 30.3 Å². The van der Waals surface area contributed by atoms with Gasteiger partial charge in [0, 0.05) is 23.8 Å². The molecule has 1 aromatic rings. The van der Waals surface area contributed by atoms with E-state index < -0.39 is 0 Å². The number of thiazole rings is 1. The van der Waals surface area contributed by atoms with Gasteiger partial charge in [-0.05, 0) is 12.8 Å². The Morgan fingerprint density at radius 2 is 2.22 bits per heavy atom. The Bertz CT molecular complexity index is 387. The van der Waals surface area contributed by atoms with E-state index in [2.05, 4.69) is 10.3 Å². The third-order valence-electron chi connectivity index (χ3n) is 2.64. The van der Waals surface area contributed by atoms with Crippen LogP contribution < -0.4 is 11.1 Å². The van der Waals surface area contributed by atoms with Crippen molar-refractivity contribution in [3.63, 3.8) is 0 Å². The third kappa shape index (κ3) is 4.61. The predicted molar refractivity (Wildman–Crippen MR) is 78.9 cm³/mol. The summed E-state index contributed by atoms with van der Waals surface area (Å²) in [6.45, 7) is 1.87. The Hall–Kier alpha value is -0.560. The molecule has 5 N–H and O–H groups in total. The number of nitrogen functional groups attached to an aromatic ring is 1. The smallest absolute Gasteiger partial charge is 0.219 e. The second-order valence-corrected chi connectivity index (χ2v) is 4.90. The summed E-state index contributed by atoms with van der Waals surface area (Å²) in [6, 6.07) is 0.268. The van der Waals surface area contributed by atoms with Crippen molar-refractivity contribution in [3.8, 4) is 0 Å². The number of carbonyl (C=O) groups excluding carboxylic acids is 1. The molecule has 1 amide bonds. The van der Waals surface area contributed by atoms with Crippen LogP contribution in [0.4, 0.5) is 5.13 Å². The molecule has 0 bridgehead atoms. The highest BCUT2D eigenvalue weighted by Crippen LogP contribution is 2.28. The number of fused-ring (bicyclic) bond motifs is 1. The average Bonchev–Trinajstić information content (AvgIpc) is 2.57. The largest absolute Gasteiger partial charge is 0.412 e. The Morgan fingerprint density at radius 3 is 2.83 bits per heavy atom. The van der Waals surface area contributed by atoms with E-state index in [9.17, 15) is 4.79 Å². The van der Waals surface area contributed by atoms with Crippen molar-refractivity contribution in [1.82, 2.24) is 10.3 Å². The molecule has 0 radical (unpaired) electrons. The van der Waals surface area contributed by atoms with E-state index in [-0.39, 0.29) is 42.2 Å². The molecule has 8 heteroatoms. The molecule has 2 rings (SSSR count). The number of aryl methyl sites for hydroxylation is 1. The molecule has 1 aliphatic rings. The second-order valence-electron chi connectivity index (χ2n) is 3.78. The van der Waals surface area contributed by atoms with Gasteiger partial charge in [0.1, 0.15) is 0 Å². The lowest BCUT2D eigenvalue weighted by molar-refractivity contribution is -0.121. The number of hydrogen-bond acceptors (Lipinski definition) is 4. The topological polar surface area (TPSA) is 99.5 Å². The zero-order valence-electron chi connectivity index (χ0n) is 10.1. The van der Waals surface area contributed by atoms with Crippen LogP contribution >= 0.6 is 36.2 Å². The molecular weight excluding hydrogens is 297 g/mol. The number of anilines is 1. The molecule has 106 valence electrons. The normalized spacial score (nSPS) is 16.4. The Balaban J connectivity index is 0. The first-order valence-corrected chi connectivity index (χ1v) is 6.04. The van der Waals surface area contributed by atoms with Gasteiger partial charge >= 0.3 is 0 Å². The number of aromatic nitrogens is 1. The minimum absolute atomic E-state index is 0. The van der Waals surface area contributed by atoms with E-state index in [1.165, 1.54) is 4.88 Å². The van der Waals surface area contributed by atoms with Gasteiger partial charge in [0.05, 0.1) is 5.69 Å². The molecule has 0 spiro atoms. The van der Waals surface area contributed by atoms with E-state index in [0.717, 1.165) is 25.0 Å². The van der Waals surface area contributed by atoms with Crippen molar-refractivity contribution in [1.29, 1.82) is 0 Å². The number of rotatable bonds is 2. The van der Waals surface area contributed by atoms with E-state index in [0.29, 0.717) is 11.6 Å². The van der Waals surface area contributed by atoms with Crippen LogP contribution in [-0.4, -0.2) is 22.4 Å². The quantitative estimate of drug-likeness (QED) is 0.855. The summed E-state index contributed by atoms with van der Waals surface area (Å²) < 4.78 is 0. The molecule has 1 aliphatic carbocycles. The standard InChI is InChI=1S/C10H15N3OS.2ClH.H2O/c1-2-9(14)12-6-3-4-7-8(5-6)15-10(11)13-7;;;/h6H,2-5H2,1H3,(H2,11,13)(H,12,14);2*1H;1H2/t6-;;;/m0.../s1. The molecule has 1 atom stereocenters. The van der Waals surface area contributed by atoms with Crippen LogP contribution in [0.3, 0.4) is 0 Å². The van der Waals surface area contributed by atoms with Crippen molar-refractivity contribution >= 4 is 47.2 Å².